The molecule has 4 heteroatoms. The van der Waals surface area contributed by atoms with Crippen LogP contribution in [0.1, 0.15) is 10.4 Å². The number of fused-ring (bicyclic) bond motifs is 1. The van der Waals surface area contributed by atoms with Crippen LogP contribution in [-0.2, 0) is 4.74 Å². The van der Waals surface area contributed by atoms with E-state index in [1.54, 1.807) is 6.07 Å². The molecule has 2 rings (SSSR count). The Bertz CT molecular complexity index is 548. The highest BCUT2D eigenvalue weighted by molar-refractivity contribution is 5.98. The number of ether oxygens (including phenoxy) is 1. The van der Waals surface area contributed by atoms with Gasteiger partial charge in [-0.15, -0.1) is 0 Å². The number of hydrogen-bond acceptors (Lipinski definition) is 4. The van der Waals surface area contributed by atoms with Crippen molar-refractivity contribution < 1.29 is 19.7 Å². The minimum absolute atomic E-state index is 0.0783. The number of carbonyl (C=O) groups is 1. The van der Waals surface area contributed by atoms with Gasteiger partial charge in [0.15, 0.2) is 0 Å². The molecule has 0 bridgehead atoms. The molecule has 0 aliphatic carbocycles. The van der Waals surface area contributed by atoms with Crippen molar-refractivity contribution >= 4 is 16.7 Å². The van der Waals surface area contributed by atoms with E-state index in [0.29, 0.717) is 0 Å². The summed E-state index contributed by atoms with van der Waals surface area (Å²) < 4.78 is 4.76. The predicted molar refractivity (Wildman–Crippen MR) is 63.0 cm³/mol. The first-order valence-corrected chi connectivity index (χ1v) is 5.22. The maximum Gasteiger partial charge on any atom is 0.342 e. The Morgan fingerprint density at radius 3 is 2.47 bits per heavy atom. The van der Waals surface area contributed by atoms with E-state index >= 15 is 0 Å². The zero-order chi connectivity index (χ0) is 12.3. The largest absolute Gasteiger partial charge is 0.507 e. The van der Waals surface area contributed by atoms with Gasteiger partial charge in [-0.25, -0.2) is 4.79 Å². The van der Waals surface area contributed by atoms with Crippen molar-refractivity contribution in [2.45, 2.75) is 0 Å². The first kappa shape index (κ1) is 11.4. The van der Waals surface area contributed by atoms with Crippen LogP contribution in [0, 0.1) is 0 Å². The van der Waals surface area contributed by atoms with Crippen LogP contribution in [0.15, 0.2) is 36.4 Å². The number of hydrogen-bond donors (Lipinski definition) is 2. The van der Waals surface area contributed by atoms with Gasteiger partial charge in [0.05, 0.1) is 6.61 Å². The number of aliphatic hydroxyl groups is 1. The van der Waals surface area contributed by atoms with E-state index in [4.69, 9.17) is 9.84 Å². The lowest BCUT2D eigenvalue weighted by molar-refractivity contribution is 0.0431. The van der Waals surface area contributed by atoms with Crippen molar-refractivity contribution in [3.05, 3.63) is 42.0 Å². The molecule has 0 fully saturated rings. The van der Waals surface area contributed by atoms with Crippen LogP contribution in [0.25, 0.3) is 10.8 Å². The third-order valence-electron chi connectivity index (χ3n) is 2.41. The summed E-state index contributed by atoms with van der Waals surface area (Å²) in [6.45, 7) is -0.314. The van der Waals surface area contributed by atoms with Crippen molar-refractivity contribution in [1.82, 2.24) is 0 Å². The highest BCUT2D eigenvalue weighted by Gasteiger charge is 2.13. The average molecular weight is 232 g/mol. The van der Waals surface area contributed by atoms with Gasteiger partial charge in [-0.2, -0.15) is 0 Å². The summed E-state index contributed by atoms with van der Waals surface area (Å²) in [5.41, 5.74) is 0.108. The van der Waals surface area contributed by atoms with Gasteiger partial charge in [-0.3, -0.25) is 0 Å². The molecule has 0 atom stereocenters. The standard InChI is InChI=1S/C13H12O4/c14-5-6-17-13(16)11-7-9-3-1-2-4-10(9)8-12(11)15/h1-4,7-8,14-15H,5-6H2. The van der Waals surface area contributed by atoms with Crippen molar-refractivity contribution in [2.24, 2.45) is 0 Å². The summed E-state index contributed by atoms with van der Waals surface area (Å²) in [6.07, 6.45) is 0. The van der Waals surface area contributed by atoms with Crippen molar-refractivity contribution in [3.8, 4) is 5.75 Å². The SMILES string of the molecule is O=C(OCCO)c1cc2ccccc2cc1O. The van der Waals surface area contributed by atoms with E-state index in [2.05, 4.69) is 0 Å². The molecule has 4 nitrogen and oxygen atoms in total. The fourth-order valence-electron chi connectivity index (χ4n) is 1.61. The number of esters is 1. The lowest BCUT2D eigenvalue weighted by Crippen LogP contribution is -2.08. The summed E-state index contributed by atoms with van der Waals surface area (Å²) >= 11 is 0. The molecule has 2 aromatic carbocycles. The first-order chi connectivity index (χ1) is 8.22. The van der Waals surface area contributed by atoms with Gasteiger partial charge < -0.3 is 14.9 Å². The van der Waals surface area contributed by atoms with Gasteiger partial charge in [-0.1, -0.05) is 24.3 Å². The second kappa shape index (κ2) is 4.84. The van der Waals surface area contributed by atoms with Crippen LogP contribution in [0.2, 0.25) is 0 Å². The molecule has 88 valence electrons. The molecule has 2 aromatic rings. The number of carbonyl (C=O) groups excluding carboxylic acids is 1. The van der Waals surface area contributed by atoms with Crippen LogP contribution in [-0.4, -0.2) is 29.4 Å². The van der Waals surface area contributed by atoms with E-state index in [1.165, 1.54) is 6.07 Å². The Kier molecular flexibility index (Phi) is 3.25. The number of phenols is 1. The van der Waals surface area contributed by atoms with Gasteiger partial charge in [0.1, 0.15) is 17.9 Å². The smallest absolute Gasteiger partial charge is 0.342 e. The van der Waals surface area contributed by atoms with E-state index in [1.807, 2.05) is 24.3 Å². The quantitative estimate of drug-likeness (QED) is 0.790. The van der Waals surface area contributed by atoms with E-state index in [-0.39, 0.29) is 24.5 Å². The molecule has 0 unspecified atom stereocenters. The minimum atomic E-state index is -0.637. The van der Waals surface area contributed by atoms with Gasteiger partial charge in [0.2, 0.25) is 0 Å². The summed E-state index contributed by atoms with van der Waals surface area (Å²) in [4.78, 5) is 11.6. The lowest BCUT2D eigenvalue weighted by atomic mass is 10.1. The summed E-state index contributed by atoms with van der Waals surface area (Å²) in [7, 11) is 0. The van der Waals surface area contributed by atoms with Gasteiger partial charge >= 0.3 is 5.97 Å². The second-order valence-electron chi connectivity index (χ2n) is 3.58. The number of aromatic hydroxyl groups is 1. The van der Waals surface area contributed by atoms with Crippen LogP contribution in [0.3, 0.4) is 0 Å². The van der Waals surface area contributed by atoms with Gasteiger partial charge in [0.25, 0.3) is 0 Å². The molecule has 0 saturated heterocycles. The zero-order valence-electron chi connectivity index (χ0n) is 9.09. The monoisotopic (exact) mass is 232 g/mol. The van der Waals surface area contributed by atoms with E-state index < -0.39 is 5.97 Å². The zero-order valence-corrected chi connectivity index (χ0v) is 9.09. The van der Waals surface area contributed by atoms with Crippen molar-refractivity contribution in [1.29, 1.82) is 0 Å². The Morgan fingerprint density at radius 2 is 1.82 bits per heavy atom. The van der Waals surface area contributed by atoms with E-state index in [9.17, 15) is 9.90 Å². The maximum atomic E-state index is 11.6. The number of phenolic OH excluding ortho intramolecular Hbond substituents is 1. The lowest BCUT2D eigenvalue weighted by Gasteiger charge is -2.06. The third-order valence-corrected chi connectivity index (χ3v) is 2.41. The second-order valence-corrected chi connectivity index (χ2v) is 3.58. The Balaban J connectivity index is 2.40. The molecular weight excluding hydrogens is 220 g/mol. The highest BCUT2D eigenvalue weighted by atomic mass is 16.5. The molecule has 0 heterocycles. The molecule has 0 aliphatic heterocycles. The van der Waals surface area contributed by atoms with Gasteiger partial charge in [-0.05, 0) is 22.9 Å². The fourth-order valence-corrected chi connectivity index (χ4v) is 1.61. The van der Waals surface area contributed by atoms with E-state index in [0.717, 1.165) is 10.8 Å². The summed E-state index contributed by atoms with van der Waals surface area (Å²) in [5, 5.41) is 20.0. The fraction of sp³-hybridized carbons (Fsp3) is 0.154. The van der Waals surface area contributed by atoms with Crippen LogP contribution in [0.4, 0.5) is 0 Å². The molecule has 0 aromatic heterocycles. The van der Waals surface area contributed by atoms with Crippen LogP contribution in [0.5, 0.6) is 5.75 Å². The Morgan fingerprint density at radius 1 is 1.18 bits per heavy atom. The molecule has 2 N–H and O–H groups in total. The molecule has 0 spiro atoms. The normalized spacial score (nSPS) is 10.4. The average Bonchev–Trinajstić information content (AvgIpc) is 2.35. The molecule has 17 heavy (non-hydrogen) atoms. The number of benzene rings is 2. The van der Waals surface area contributed by atoms with Crippen LogP contribution >= 0.6 is 0 Å². The predicted octanol–water partition coefficient (Wildman–Crippen LogP) is 1.69. The maximum absolute atomic E-state index is 11.6. The van der Waals surface area contributed by atoms with Crippen molar-refractivity contribution in [3.63, 3.8) is 0 Å². The molecular formula is C13H12O4. The Labute approximate surface area is 98.1 Å². The topological polar surface area (TPSA) is 66.8 Å². The third kappa shape index (κ3) is 2.37. The molecule has 0 radical (unpaired) electrons. The molecule has 0 aliphatic rings. The van der Waals surface area contributed by atoms with Crippen LogP contribution < -0.4 is 0 Å². The number of aliphatic hydroxyl groups excluding tert-OH is 1. The summed E-state index contributed by atoms with van der Waals surface area (Å²) in [5.74, 6) is -0.756. The van der Waals surface area contributed by atoms with Crippen molar-refractivity contribution in [2.75, 3.05) is 13.2 Å². The molecule has 0 saturated carbocycles. The number of rotatable bonds is 3. The minimum Gasteiger partial charge on any atom is -0.507 e. The van der Waals surface area contributed by atoms with Gasteiger partial charge in [0, 0.05) is 0 Å². The first-order valence-electron chi connectivity index (χ1n) is 5.22. The highest BCUT2D eigenvalue weighted by Crippen LogP contribution is 2.25. The molecule has 0 amide bonds. The summed E-state index contributed by atoms with van der Waals surface area (Å²) in [6, 6.07) is 10.5. The Hall–Kier alpha value is -2.07.